The second-order valence-electron chi connectivity index (χ2n) is 4.96. The molecule has 124 valence electrons. The van der Waals surface area contributed by atoms with Crippen LogP contribution in [-0.2, 0) is 0 Å². The fourth-order valence-corrected chi connectivity index (χ4v) is 2.23. The monoisotopic (exact) mass is 328 g/mol. The van der Waals surface area contributed by atoms with Crippen LogP contribution in [0.1, 0.15) is 10.5 Å². The third kappa shape index (κ3) is 2.83. The lowest BCUT2D eigenvalue weighted by Crippen LogP contribution is -2.26. The number of rotatable bonds is 5. The van der Waals surface area contributed by atoms with Crippen LogP contribution in [0.25, 0.3) is 11.5 Å². The number of amides is 1. The number of benzene rings is 1. The molecule has 0 radical (unpaired) electrons. The number of carbonyl (C=O) groups is 1. The van der Waals surface area contributed by atoms with Gasteiger partial charge in [-0.1, -0.05) is 5.16 Å². The maximum Gasteiger partial charge on any atom is 0.280 e. The molecule has 0 saturated carbocycles. The fraction of sp³-hybridized carbons (Fsp3) is 0.176. The van der Waals surface area contributed by atoms with Crippen LogP contribution in [0.2, 0.25) is 0 Å². The standard InChI is InChI=1S/C17H16N2O5/c1-19(11-6-7-13(21-2)15(9-11)22-3)17(20)12-10-16(24-18-12)14-5-4-8-23-14/h4-10H,1-3H3. The van der Waals surface area contributed by atoms with Crippen LogP contribution in [0.15, 0.2) is 51.6 Å². The number of hydrogen-bond donors (Lipinski definition) is 0. The molecule has 1 aromatic carbocycles. The number of carbonyl (C=O) groups excluding carboxylic acids is 1. The van der Waals surface area contributed by atoms with E-state index in [4.69, 9.17) is 18.4 Å². The number of aromatic nitrogens is 1. The molecule has 0 aliphatic carbocycles. The van der Waals surface area contributed by atoms with Gasteiger partial charge in [-0.2, -0.15) is 0 Å². The molecule has 0 bridgehead atoms. The zero-order valence-corrected chi connectivity index (χ0v) is 13.5. The molecular formula is C17H16N2O5. The Balaban J connectivity index is 1.85. The van der Waals surface area contributed by atoms with Crippen molar-refractivity contribution < 1.29 is 23.2 Å². The van der Waals surface area contributed by atoms with Gasteiger partial charge in [-0.3, -0.25) is 4.79 Å². The second kappa shape index (κ2) is 6.49. The van der Waals surface area contributed by atoms with Crippen molar-refractivity contribution in [1.29, 1.82) is 0 Å². The minimum Gasteiger partial charge on any atom is -0.493 e. The average molecular weight is 328 g/mol. The summed E-state index contributed by atoms with van der Waals surface area (Å²) in [5, 5.41) is 3.81. The van der Waals surface area contributed by atoms with Crippen molar-refractivity contribution in [3.05, 3.63) is 48.4 Å². The molecule has 2 heterocycles. The van der Waals surface area contributed by atoms with E-state index in [9.17, 15) is 4.79 Å². The van der Waals surface area contributed by atoms with Crippen LogP contribution in [0.5, 0.6) is 11.5 Å². The van der Waals surface area contributed by atoms with Crippen LogP contribution < -0.4 is 14.4 Å². The normalized spacial score (nSPS) is 10.5. The zero-order valence-electron chi connectivity index (χ0n) is 13.5. The highest BCUT2D eigenvalue weighted by molar-refractivity contribution is 6.04. The quantitative estimate of drug-likeness (QED) is 0.715. The van der Waals surface area contributed by atoms with Crippen molar-refractivity contribution in [1.82, 2.24) is 5.16 Å². The molecule has 2 aromatic heterocycles. The number of hydrogen-bond acceptors (Lipinski definition) is 6. The fourth-order valence-electron chi connectivity index (χ4n) is 2.23. The summed E-state index contributed by atoms with van der Waals surface area (Å²) >= 11 is 0. The number of anilines is 1. The highest BCUT2D eigenvalue weighted by atomic mass is 16.5. The SMILES string of the molecule is COc1ccc(N(C)C(=O)c2cc(-c3ccco3)on2)cc1OC. The highest BCUT2D eigenvalue weighted by Gasteiger charge is 2.20. The predicted molar refractivity (Wildman–Crippen MR) is 86.5 cm³/mol. The highest BCUT2D eigenvalue weighted by Crippen LogP contribution is 2.31. The molecule has 0 saturated heterocycles. The van der Waals surface area contributed by atoms with Gasteiger partial charge < -0.3 is 23.3 Å². The van der Waals surface area contributed by atoms with Gasteiger partial charge in [-0.25, -0.2) is 0 Å². The van der Waals surface area contributed by atoms with Gasteiger partial charge in [-0.05, 0) is 24.3 Å². The zero-order chi connectivity index (χ0) is 17.1. The van der Waals surface area contributed by atoms with E-state index in [1.54, 1.807) is 50.6 Å². The molecule has 0 atom stereocenters. The van der Waals surface area contributed by atoms with E-state index in [0.717, 1.165) is 0 Å². The Morgan fingerprint density at radius 1 is 1.08 bits per heavy atom. The van der Waals surface area contributed by atoms with Crippen LogP contribution in [0.3, 0.4) is 0 Å². The van der Waals surface area contributed by atoms with Gasteiger partial charge in [0.1, 0.15) is 0 Å². The van der Waals surface area contributed by atoms with Crippen LogP contribution in [0, 0.1) is 0 Å². The Morgan fingerprint density at radius 2 is 1.88 bits per heavy atom. The van der Waals surface area contributed by atoms with E-state index in [2.05, 4.69) is 5.16 Å². The number of nitrogens with zero attached hydrogens (tertiary/aromatic N) is 2. The Morgan fingerprint density at radius 3 is 2.54 bits per heavy atom. The van der Waals surface area contributed by atoms with Crippen molar-refractivity contribution >= 4 is 11.6 Å². The van der Waals surface area contributed by atoms with Crippen LogP contribution in [-0.4, -0.2) is 32.3 Å². The van der Waals surface area contributed by atoms with Crippen LogP contribution in [0.4, 0.5) is 5.69 Å². The lowest BCUT2D eigenvalue weighted by atomic mass is 10.2. The third-order valence-electron chi connectivity index (χ3n) is 3.55. The Bertz CT molecular complexity index is 839. The largest absolute Gasteiger partial charge is 0.493 e. The van der Waals surface area contributed by atoms with Crippen LogP contribution >= 0.6 is 0 Å². The van der Waals surface area contributed by atoms with Gasteiger partial charge in [0, 0.05) is 24.9 Å². The lowest BCUT2D eigenvalue weighted by Gasteiger charge is -2.17. The number of furan rings is 1. The third-order valence-corrected chi connectivity index (χ3v) is 3.55. The molecule has 0 N–H and O–H groups in total. The maximum absolute atomic E-state index is 12.6. The lowest BCUT2D eigenvalue weighted by molar-refractivity contribution is 0.0984. The molecule has 1 amide bonds. The summed E-state index contributed by atoms with van der Waals surface area (Å²) in [5.41, 5.74) is 0.818. The van der Waals surface area contributed by atoms with Gasteiger partial charge >= 0.3 is 0 Å². The number of ether oxygens (including phenoxy) is 2. The Kier molecular flexibility index (Phi) is 4.24. The molecule has 0 spiro atoms. The molecule has 3 aromatic rings. The molecule has 0 aliphatic rings. The van der Waals surface area contributed by atoms with Gasteiger partial charge in [0.2, 0.25) is 5.76 Å². The maximum atomic E-state index is 12.6. The summed E-state index contributed by atoms with van der Waals surface area (Å²) in [5.74, 6) is 1.71. The summed E-state index contributed by atoms with van der Waals surface area (Å²) in [6, 6.07) is 10.2. The molecule has 7 nitrogen and oxygen atoms in total. The van der Waals surface area contributed by atoms with E-state index >= 15 is 0 Å². The first-order valence-corrected chi connectivity index (χ1v) is 7.14. The van der Waals surface area contributed by atoms with E-state index < -0.39 is 0 Å². The van der Waals surface area contributed by atoms with Gasteiger partial charge in [0.05, 0.1) is 20.5 Å². The smallest absolute Gasteiger partial charge is 0.280 e. The first kappa shape index (κ1) is 15.7. The summed E-state index contributed by atoms with van der Waals surface area (Å²) in [6.07, 6.45) is 1.52. The van der Waals surface area contributed by atoms with Crippen molar-refractivity contribution in [2.75, 3.05) is 26.2 Å². The Labute approximate surface area is 138 Å². The van der Waals surface area contributed by atoms with Gasteiger partial charge in [0.15, 0.2) is 23.0 Å². The second-order valence-corrected chi connectivity index (χ2v) is 4.96. The topological polar surface area (TPSA) is 77.9 Å². The molecule has 3 rings (SSSR count). The van der Waals surface area contributed by atoms with Crippen molar-refractivity contribution in [2.24, 2.45) is 0 Å². The minimum atomic E-state index is -0.316. The molecule has 0 fully saturated rings. The van der Waals surface area contributed by atoms with E-state index in [1.165, 1.54) is 18.3 Å². The summed E-state index contributed by atoms with van der Waals surface area (Å²) in [7, 11) is 4.74. The van der Waals surface area contributed by atoms with Crippen molar-refractivity contribution in [3.8, 4) is 23.0 Å². The van der Waals surface area contributed by atoms with E-state index in [1.807, 2.05) is 0 Å². The van der Waals surface area contributed by atoms with E-state index in [-0.39, 0.29) is 11.6 Å². The first-order valence-electron chi connectivity index (χ1n) is 7.14. The summed E-state index contributed by atoms with van der Waals surface area (Å²) < 4.78 is 20.8. The average Bonchev–Trinajstić information content (AvgIpc) is 3.30. The summed E-state index contributed by atoms with van der Waals surface area (Å²) in [6.45, 7) is 0. The van der Waals surface area contributed by atoms with Gasteiger partial charge in [0.25, 0.3) is 5.91 Å². The molecular weight excluding hydrogens is 312 g/mol. The molecule has 7 heteroatoms. The first-order chi connectivity index (χ1) is 11.6. The number of methoxy groups -OCH3 is 2. The van der Waals surface area contributed by atoms with Gasteiger partial charge in [-0.15, -0.1) is 0 Å². The minimum absolute atomic E-state index is 0.179. The molecule has 24 heavy (non-hydrogen) atoms. The van der Waals surface area contributed by atoms with E-state index in [0.29, 0.717) is 28.7 Å². The molecule has 0 unspecified atom stereocenters. The Hall–Kier alpha value is -3.22. The van der Waals surface area contributed by atoms with Crippen molar-refractivity contribution in [2.45, 2.75) is 0 Å². The van der Waals surface area contributed by atoms with Crippen molar-refractivity contribution in [3.63, 3.8) is 0 Å². The summed E-state index contributed by atoms with van der Waals surface area (Å²) in [4.78, 5) is 14.0. The molecule has 0 aliphatic heterocycles. The predicted octanol–water partition coefficient (Wildman–Crippen LogP) is 3.23.